The number of carbonyl (C=O) groups is 1. The molecule has 0 saturated heterocycles. The van der Waals surface area contributed by atoms with Gasteiger partial charge in [-0.1, -0.05) is 0 Å². The summed E-state index contributed by atoms with van der Waals surface area (Å²) in [6, 6.07) is 1.22. The lowest BCUT2D eigenvalue weighted by molar-refractivity contribution is 0.0953. The van der Waals surface area contributed by atoms with Crippen molar-refractivity contribution in [3.63, 3.8) is 0 Å². The number of carbonyl (C=O) groups excluding carboxylic acids is 1. The first-order chi connectivity index (χ1) is 9.10. The quantitative estimate of drug-likeness (QED) is 0.841. The van der Waals surface area contributed by atoms with Gasteiger partial charge < -0.3 is 10.6 Å². The Bertz CT molecular complexity index is 477. The average Bonchev–Trinajstić information content (AvgIpc) is 3.19. The molecule has 0 atom stereocenters. The number of anilines is 1. The summed E-state index contributed by atoms with van der Waals surface area (Å²) in [6.45, 7) is 3.16. The highest BCUT2D eigenvalue weighted by atomic mass is 32.2. The van der Waals surface area contributed by atoms with Gasteiger partial charge in [0.15, 0.2) is 0 Å². The third-order valence-electron chi connectivity index (χ3n) is 3.25. The van der Waals surface area contributed by atoms with Crippen molar-refractivity contribution in [3.05, 3.63) is 23.6 Å². The molecule has 0 bridgehead atoms. The normalized spacial score (nSPS) is 15.9. The van der Waals surface area contributed by atoms with Crippen molar-refractivity contribution in [1.29, 1.82) is 0 Å². The van der Waals surface area contributed by atoms with Gasteiger partial charge in [0.25, 0.3) is 5.91 Å². The number of rotatable bonds is 6. The number of aromatic nitrogens is 1. The maximum Gasteiger partial charge on any atom is 0.255 e. The maximum atomic E-state index is 13.2. The molecule has 4 nitrogen and oxygen atoms in total. The fraction of sp³-hybridized carbons (Fsp3) is 0.538. The van der Waals surface area contributed by atoms with Crippen molar-refractivity contribution < 1.29 is 9.18 Å². The van der Waals surface area contributed by atoms with Gasteiger partial charge in [-0.05, 0) is 32.1 Å². The fourth-order valence-corrected chi connectivity index (χ4v) is 2.58. The van der Waals surface area contributed by atoms with Crippen molar-refractivity contribution in [2.45, 2.75) is 24.5 Å². The van der Waals surface area contributed by atoms with Crippen molar-refractivity contribution in [3.8, 4) is 0 Å². The van der Waals surface area contributed by atoms with Crippen LogP contribution in [0.25, 0.3) is 0 Å². The van der Waals surface area contributed by atoms with E-state index in [1.165, 1.54) is 6.07 Å². The first-order valence-electron chi connectivity index (χ1n) is 6.33. The third kappa shape index (κ3) is 3.37. The second-order valence-electron chi connectivity index (χ2n) is 4.65. The van der Waals surface area contributed by atoms with E-state index in [0.29, 0.717) is 18.9 Å². The van der Waals surface area contributed by atoms with Gasteiger partial charge in [-0.15, -0.1) is 0 Å². The SMILES string of the molecule is CCNc1ncc(F)cc1C(=O)NCC1(SC)CC1. The van der Waals surface area contributed by atoms with Gasteiger partial charge in [-0.3, -0.25) is 4.79 Å². The van der Waals surface area contributed by atoms with Gasteiger partial charge in [0.1, 0.15) is 11.6 Å². The van der Waals surface area contributed by atoms with Gasteiger partial charge >= 0.3 is 0 Å². The number of pyridine rings is 1. The van der Waals surface area contributed by atoms with E-state index in [4.69, 9.17) is 0 Å². The van der Waals surface area contributed by atoms with E-state index in [1.54, 1.807) is 11.8 Å². The summed E-state index contributed by atoms with van der Waals surface area (Å²) in [4.78, 5) is 16.0. The molecule has 1 saturated carbocycles. The van der Waals surface area contributed by atoms with Gasteiger partial charge in [-0.25, -0.2) is 9.37 Å². The standard InChI is InChI=1S/C13H18FN3OS/c1-3-15-11-10(6-9(14)7-16-11)12(18)17-8-13(19-2)4-5-13/h6-7H,3-5,8H2,1-2H3,(H,15,16)(H,17,18). The van der Waals surface area contributed by atoms with Crippen LogP contribution in [0.5, 0.6) is 0 Å². The molecule has 1 amide bonds. The number of halogens is 1. The van der Waals surface area contributed by atoms with Crippen LogP contribution in [0.15, 0.2) is 12.3 Å². The monoisotopic (exact) mass is 283 g/mol. The first-order valence-corrected chi connectivity index (χ1v) is 7.55. The van der Waals surface area contributed by atoms with E-state index in [9.17, 15) is 9.18 Å². The van der Waals surface area contributed by atoms with Crippen molar-refractivity contribution in [1.82, 2.24) is 10.3 Å². The molecule has 0 aromatic carbocycles. The third-order valence-corrected chi connectivity index (χ3v) is 4.67. The number of thioether (sulfide) groups is 1. The Balaban J connectivity index is 2.07. The predicted octanol–water partition coefficient (Wildman–Crippen LogP) is 2.28. The van der Waals surface area contributed by atoms with E-state index in [2.05, 4.69) is 15.6 Å². The lowest BCUT2D eigenvalue weighted by atomic mass is 10.2. The Labute approximate surface area is 116 Å². The number of nitrogens with zero attached hydrogens (tertiary/aromatic N) is 1. The second-order valence-corrected chi connectivity index (χ2v) is 5.92. The number of nitrogens with one attached hydrogen (secondary N) is 2. The van der Waals surface area contributed by atoms with Crippen molar-refractivity contribution in [2.75, 3.05) is 24.7 Å². The molecule has 1 aliphatic carbocycles. The Kier molecular flexibility index (Phi) is 4.29. The zero-order valence-corrected chi connectivity index (χ0v) is 11.9. The number of hydrogen-bond acceptors (Lipinski definition) is 4. The lowest BCUT2D eigenvalue weighted by Crippen LogP contribution is -2.32. The molecule has 1 heterocycles. The average molecular weight is 283 g/mol. The highest BCUT2D eigenvalue weighted by Crippen LogP contribution is 2.46. The molecule has 2 rings (SSSR count). The molecule has 6 heteroatoms. The van der Waals surface area contributed by atoms with Gasteiger partial charge in [0.05, 0.1) is 11.8 Å². The van der Waals surface area contributed by atoms with Gasteiger partial charge in [0, 0.05) is 17.8 Å². The molecule has 2 N–H and O–H groups in total. The molecule has 104 valence electrons. The molecular weight excluding hydrogens is 265 g/mol. The van der Waals surface area contributed by atoms with Crippen LogP contribution in [-0.2, 0) is 0 Å². The van der Waals surface area contributed by atoms with E-state index >= 15 is 0 Å². The Hall–Kier alpha value is -1.30. The van der Waals surface area contributed by atoms with Crippen LogP contribution >= 0.6 is 11.8 Å². The molecule has 1 aromatic rings. The largest absolute Gasteiger partial charge is 0.370 e. The zero-order valence-electron chi connectivity index (χ0n) is 11.1. The van der Waals surface area contributed by atoms with Crippen LogP contribution in [0.4, 0.5) is 10.2 Å². The minimum absolute atomic E-state index is 0.189. The summed E-state index contributed by atoms with van der Waals surface area (Å²) in [5.74, 6) is -0.350. The predicted molar refractivity (Wildman–Crippen MR) is 76.2 cm³/mol. The molecule has 0 radical (unpaired) electrons. The molecule has 1 fully saturated rings. The summed E-state index contributed by atoms with van der Waals surface area (Å²) >= 11 is 1.77. The molecule has 19 heavy (non-hydrogen) atoms. The molecule has 0 unspecified atom stereocenters. The minimum Gasteiger partial charge on any atom is -0.370 e. The Morgan fingerprint density at radius 2 is 2.32 bits per heavy atom. The van der Waals surface area contributed by atoms with Crippen LogP contribution in [-0.4, -0.2) is 35.0 Å². The summed E-state index contributed by atoms with van der Waals surface area (Å²) in [5, 5.41) is 5.84. The van der Waals surface area contributed by atoms with Gasteiger partial charge in [-0.2, -0.15) is 11.8 Å². The van der Waals surface area contributed by atoms with Crippen LogP contribution in [0.2, 0.25) is 0 Å². The van der Waals surface area contributed by atoms with Crippen LogP contribution in [0, 0.1) is 5.82 Å². The highest BCUT2D eigenvalue weighted by Gasteiger charge is 2.42. The van der Waals surface area contributed by atoms with E-state index in [1.807, 2.05) is 13.2 Å². The molecule has 1 aromatic heterocycles. The number of hydrogen-bond donors (Lipinski definition) is 2. The smallest absolute Gasteiger partial charge is 0.255 e. The van der Waals surface area contributed by atoms with Crippen molar-refractivity contribution in [2.24, 2.45) is 0 Å². The first kappa shape index (κ1) is 14.1. The van der Waals surface area contributed by atoms with Crippen LogP contribution < -0.4 is 10.6 Å². The van der Waals surface area contributed by atoms with E-state index in [-0.39, 0.29) is 16.2 Å². The summed E-state index contributed by atoms with van der Waals surface area (Å²) < 4.78 is 13.4. The zero-order chi connectivity index (χ0) is 13.9. The minimum atomic E-state index is -0.502. The summed E-state index contributed by atoms with van der Waals surface area (Å²) in [5.41, 5.74) is 0.263. The molecular formula is C13H18FN3OS. The van der Waals surface area contributed by atoms with E-state index in [0.717, 1.165) is 19.0 Å². The fourth-order valence-electron chi connectivity index (χ4n) is 1.85. The molecule has 0 spiro atoms. The second kappa shape index (κ2) is 5.77. The van der Waals surface area contributed by atoms with Crippen LogP contribution in [0.3, 0.4) is 0 Å². The lowest BCUT2D eigenvalue weighted by Gasteiger charge is -2.14. The Morgan fingerprint density at radius 1 is 1.58 bits per heavy atom. The number of amides is 1. The maximum absolute atomic E-state index is 13.2. The van der Waals surface area contributed by atoms with Crippen LogP contribution in [0.1, 0.15) is 30.1 Å². The highest BCUT2D eigenvalue weighted by molar-refractivity contribution is 8.00. The molecule has 1 aliphatic rings. The topological polar surface area (TPSA) is 54.0 Å². The molecule has 0 aliphatic heterocycles. The van der Waals surface area contributed by atoms with E-state index < -0.39 is 5.82 Å². The Morgan fingerprint density at radius 3 is 2.89 bits per heavy atom. The van der Waals surface area contributed by atoms with Crippen molar-refractivity contribution >= 4 is 23.5 Å². The van der Waals surface area contributed by atoms with Gasteiger partial charge in [0.2, 0.25) is 0 Å². The summed E-state index contributed by atoms with van der Waals surface area (Å²) in [6.07, 6.45) is 5.40. The summed E-state index contributed by atoms with van der Waals surface area (Å²) in [7, 11) is 0.